The number of halogens is 1. The zero-order valence-electron chi connectivity index (χ0n) is 6.24. The van der Waals surface area contributed by atoms with Crippen LogP contribution in [0.25, 0.3) is 0 Å². The fourth-order valence-corrected chi connectivity index (χ4v) is 2.06. The summed E-state index contributed by atoms with van der Waals surface area (Å²) in [5.74, 6) is 0.946. The van der Waals surface area contributed by atoms with Gasteiger partial charge in [-0.3, -0.25) is 0 Å². The molecule has 0 saturated heterocycles. The Bertz CT molecular complexity index is 240. The van der Waals surface area contributed by atoms with E-state index in [0.29, 0.717) is 3.92 Å². The molecule has 0 bridgehead atoms. The lowest BCUT2D eigenvalue weighted by atomic mass is 10.5. The van der Waals surface area contributed by atoms with Crippen molar-refractivity contribution in [3.63, 3.8) is 0 Å². The molecule has 0 aliphatic rings. The van der Waals surface area contributed by atoms with Gasteiger partial charge >= 0.3 is 0 Å². The average molecular weight is 308 g/mol. The summed E-state index contributed by atoms with van der Waals surface area (Å²) >= 11 is 8.67. The van der Waals surface area contributed by atoms with Crippen molar-refractivity contribution in [2.24, 2.45) is 0 Å². The predicted octanol–water partition coefficient (Wildman–Crippen LogP) is 2.85. The molecule has 12 heavy (non-hydrogen) atoms. The Kier molecular flexibility index (Phi) is 5.10. The Morgan fingerprint density at radius 3 is 3.08 bits per heavy atom. The van der Waals surface area contributed by atoms with Crippen LogP contribution in [0, 0.1) is 0 Å². The lowest BCUT2D eigenvalue weighted by molar-refractivity contribution is 1.13. The van der Waals surface area contributed by atoms with Gasteiger partial charge in [0.1, 0.15) is 0 Å². The van der Waals surface area contributed by atoms with E-state index < -0.39 is 0 Å². The zero-order valence-corrected chi connectivity index (χ0v) is 10.0. The van der Waals surface area contributed by atoms with Crippen LogP contribution in [0.1, 0.15) is 0 Å². The normalized spacial score (nSPS) is 12.4. The number of thioether (sulfide) groups is 1. The van der Waals surface area contributed by atoms with Crippen molar-refractivity contribution >= 4 is 51.9 Å². The highest BCUT2D eigenvalue weighted by atomic mass is 127. The standard InChI is InChI=1S/C8H7INS2/c9-7(5-11)6-12-8-3-1-2-4-10-8/h1-4,7H,6H2. The first kappa shape index (κ1) is 10.4. The molecular formula is C8H7INS2. The monoisotopic (exact) mass is 308 g/mol. The van der Waals surface area contributed by atoms with Crippen molar-refractivity contribution in [1.82, 2.24) is 4.98 Å². The Hall–Kier alpha value is 0.320. The minimum absolute atomic E-state index is 0.324. The van der Waals surface area contributed by atoms with Crippen LogP contribution >= 0.6 is 46.6 Å². The van der Waals surface area contributed by atoms with E-state index in [2.05, 4.69) is 32.9 Å². The number of pyridine rings is 1. The third kappa shape index (κ3) is 3.82. The smallest absolute Gasteiger partial charge is 0.0960 e. The molecule has 0 aliphatic carbocycles. The molecule has 1 radical (unpaired) electrons. The van der Waals surface area contributed by atoms with Gasteiger partial charge in [-0.2, -0.15) is 0 Å². The molecule has 0 amide bonds. The Labute approximate surface area is 95.5 Å². The number of hydrogen-bond acceptors (Lipinski definition) is 3. The second-order valence-corrected chi connectivity index (χ2v) is 4.84. The van der Waals surface area contributed by atoms with E-state index in [0.717, 1.165) is 10.8 Å². The fraction of sp³-hybridized carbons (Fsp3) is 0.250. The molecule has 63 valence electrons. The topological polar surface area (TPSA) is 12.9 Å². The van der Waals surface area contributed by atoms with Gasteiger partial charge in [-0.25, -0.2) is 4.98 Å². The van der Waals surface area contributed by atoms with Crippen LogP contribution in [-0.4, -0.2) is 20.0 Å². The molecular weight excluding hydrogens is 301 g/mol. The minimum atomic E-state index is 0.324. The number of rotatable bonds is 4. The van der Waals surface area contributed by atoms with E-state index in [4.69, 9.17) is 12.2 Å². The minimum Gasteiger partial charge on any atom is -0.250 e. The average Bonchev–Trinajstić information content (AvgIpc) is 2.16. The molecule has 0 aliphatic heterocycles. The molecule has 1 nitrogen and oxygen atoms in total. The maximum absolute atomic E-state index is 4.70. The Balaban J connectivity index is 2.38. The maximum atomic E-state index is 4.70. The summed E-state index contributed by atoms with van der Waals surface area (Å²) in [7, 11) is 0. The number of hydrogen-bond donors (Lipinski definition) is 0. The van der Waals surface area contributed by atoms with Gasteiger partial charge in [-0.05, 0) is 12.1 Å². The first-order valence-electron chi connectivity index (χ1n) is 3.38. The van der Waals surface area contributed by atoms with E-state index >= 15 is 0 Å². The van der Waals surface area contributed by atoms with Crippen LogP contribution in [0.15, 0.2) is 29.4 Å². The number of thiocarbonyl (C=S) groups is 1. The van der Waals surface area contributed by atoms with Crippen LogP contribution < -0.4 is 0 Å². The second kappa shape index (κ2) is 5.88. The Morgan fingerprint density at radius 2 is 2.50 bits per heavy atom. The van der Waals surface area contributed by atoms with Gasteiger partial charge < -0.3 is 0 Å². The van der Waals surface area contributed by atoms with E-state index in [1.165, 1.54) is 0 Å². The lowest BCUT2D eigenvalue weighted by Crippen LogP contribution is -2.00. The number of aromatic nitrogens is 1. The third-order valence-corrected chi connectivity index (χ3v) is 4.24. The van der Waals surface area contributed by atoms with Gasteiger partial charge in [-0.1, -0.05) is 40.9 Å². The van der Waals surface area contributed by atoms with Gasteiger partial charge in [0.2, 0.25) is 0 Å². The lowest BCUT2D eigenvalue weighted by Gasteiger charge is -2.00. The van der Waals surface area contributed by atoms with E-state index in [-0.39, 0.29) is 0 Å². The van der Waals surface area contributed by atoms with E-state index in [9.17, 15) is 0 Å². The van der Waals surface area contributed by atoms with Crippen LogP contribution in [0.3, 0.4) is 0 Å². The summed E-state index contributed by atoms with van der Waals surface area (Å²) in [6.07, 6.45) is 1.80. The highest BCUT2D eigenvalue weighted by molar-refractivity contribution is 14.1. The number of nitrogens with zero attached hydrogens (tertiary/aromatic N) is 1. The largest absolute Gasteiger partial charge is 0.250 e. The van der Waals surface area contributed by atoms with Crippen molar-refractivity contribution in [2.45, 2.75) is 8.95 Å². The molecule has 4 heteroatoms. The molecule has 0 spiro atoms. The zero-order chi connectivity index (χ0) is 8.81. The van der Waals surface area contributed by atoms with Crippen molar-refractivity contribution in [3.8, 4) is 0 Å². The van der Waals surface area contributed by atoms with Crippen LogP contribution in [-0.2, 0) is 0 Å². The van der Waals surface area contributed by atoms with Crippen LogP contribution in [0.4, 0.5) is 0 Å². The van der Waals surface area contributed by atoms with Crippen molar-refractivity contribution in [1.29, 1.82) is 0 Å². The number of alkyl halides is 1. The van der Waals surface area contributed by atoms with Gasteiger partial charge in [0, 0.05) is 17.3 Å². The van der Waals surface area contributed by atoms with Crippen LogP contribution in [0.5, 0.6) is 0 Å². The van der Waals surface area contributed by atoms with E-state index in [1.54, 1.807) is 18.0 Å². The first-order valence-corrected chi connectivity index (χ1v) is 6.02. The molecule has 0 fully saturated rings. The molecule has 1 atom stereocenters. The molecule has 0 saturated carbocycles. The SMILES string of the molecule is S=[C]C(I)CSc1ccccn1. The molecule has 0 aromatic carbocycles. The quantitative estimate of drug-likeness (QED) is 0.367. The van der Waals surface area contributed by atoms with Crippen molar-refractivity contribution in [3.05, 3.63) is 24.4 Å². The summed E-state index contributed by atoms with van der Waals surface area (Å²) in [4.78, 5) is 4.18. The molecule has 1 heterocycles. The molecule has 1 rings (SSSR count). The van der Waals surface area contributed by atoms with Gasteiger partial charge in [0.05, 0.1) is 8.95 Å². The third-order valence-electron chi connectivity index (χ3n) is 1.14. The fourth-order valence-electron chi connectivity index (χ4n) is 0.625. The maximum Gasteiger partial charge on any atom is 0.0960 e. The molecule has 0 N–H and O–H groups in total. The summed E-state index contributed by atoms with van der Waals surface area (Å²) < 4.78 is 0.324. The second-order valence-electron chi connectivity index (χ2n) is 2.06. The van der Waals surface area contributed by atoms with Gasteiger partial charge in [-0.15, -0.1) is 11.8 Å². The summed E-state index contributed by atoms with van der Waals surface area (Å²) in [6.45, 7) is 0. The Morgan fingerprint density at radius 1 is 1.67 bits per heavy atom. The van der Waals surface area contributed by atoms with Crippen molar-refractivity contribution in [2.75, 3.05) is 5.75 Å². The van der Waals surface area contributed by atoms with Crippen LogP contribution in [0.2, 0.25) is 0 Å². The molecule has 1 aromatic rings. The first-order chi connectivity index (χ1) is 5.83. The predicted molar refractivity (Wildman–Crippen MR) is 65.4 cm³/mol. The summed E-state index contributed by atoms with van der Waals surface area (Å²) in [5.41, 5.74) is 0. The highest BCUT2D eigenvalue weighted by Gasteiger charge is 2.00. The summed E-state index contributed by atoms with van der Waals surface area (Å²) in [5, 5.41) is 3.80. The highest BCUT2D eigenvalue weighted by Crippen LogP contribution is 2.17. The summed E-state index contributed by atoms with van der Waals surface area (Å²) in [6, 6.07) is 5.90. The van der Waals surface area contributed by atoms with Gasteiger partial charge in [0.25, 0.3) is 0 Å². The molecule has 1 aromatic heterocycles. The van der Waals surface area contributed by atoms with Crippen molar-refractivity contribution < 1.29 is 0 Å². The molecule has 1 unspecified atom stereocenters. The van der Waals surface area contributed by atoms with Gasteiger partial charge in [0.15, 0.2) is 0 Å². The van der Waals surface area contributed by atoms with E-state index in [1.807, 2.05) is 18.2 Å².